The molecule has 2 N–H and O–H groups in total. The number of rotatable bonds is 8. The Bertz CT molecular complexity index is 1330. The molecule has 0 spiro atoms. The quantitative estimate of drug-likeness (QED) is 0.371. The van der Waals surface area contributed by atoms with Gasteiger partial charge < -0.3 is 20.1 Å². The number of ether oxygens (including phenoxy) is 2. The molecule has 2 amide bonds. The Kier molecular flexibility index (Phi) is 8.72. The van der Waals surface area contributed by atoms with Crippen molar-refractivity contribution in [2.75, 3.05) is 13.2 Å². The molecule has 8 nitrogen and oxygen atoms in total. The van der Waals surface area contributed by atoms with Crippen molar-refractivity contribution in [3.05, 3.63) is 65.1 Å². The number of pyridine rings is 1. The molecule has 39 heavy (non-hydrogen) atoms. The zero-order valence-electron chi connectivity index (χ0n) is 22.9. The molecule has 0 radical (unpaired) electrons. The molecular formula is C29H36F2N4O4. The van der Waals surface area contributed by atoms with E-state index in [0.29, 0.717) is 29.6 Å². The third-order valence-electron chi connectivity index (χ3n) is 6.70. The second-order valence-corrected chi connectivity index (χ2v) is 11.0. The maximum absolute atomic E-state index is 14.1. The van der Waals surface area contributed by atoms with Crippen molar-refractivity contribution in [2.24, 2.45) is 5.92 Å². The van der Waals surface area contributed by atoms with Crippen LogP contribution in [0.2, 0.25) is 0 Å². The number of carbonyl (C=O) groups is 2. The van der Waals surface area contributed by atoms with Gasteiger partial charge >= 0.3 is 6.09 Å². The molecule has 10 heteroatoms. The van der Waals surface area contributed by atoms with Gasteiger partial charge in [-0.1, -0.05) is 25.3 Å². The number of hydrogen-bond donors (Lipinski definition) is 2. The van der Waals surface area contributed by atoms with Crippen LogP contribution in [0.25, 0.3) is 5.65 Å². The first-order chi connectivity index (χ1) is 18.5. The summed E-state index contributed by atoms with van der Waals surface area (Å²) < 4.78 is 40.8. The van der Waals surface area contributed by atoms with Gasteiger partial charge in [0, 0.05) is 12.7 Å². The van der Waals surface area contributed by atoms with Crippen LogP contribution in [-0.2, 0) is 4.74 Å². The summed E-state index contributed by atoms with van der Waals surface area (Å²) in [4.78, 5) is 30.4. The summed E-state index contributed by atoms with van der Waals surface area (Å²) in [5.41, 5.74) is 0.826. The van der Waals surface area contributed by atoms with Gasteiger partial charge in [0.15, 0.2) is 23.0 Å². The first kappa shape index (κ1) is 28.3. The normalized spacial score (nSPS) is 15.1. The molecule has 1 atom stereocenters. The van der Waals surface area contributed by atoms with Gasteiger partial charge in [-0.25, -0.2) is 18.6 Å². The van der Waals surface area contributed by atoms with E-state index in [9.17, 15) is 18.4 Å². The van der Waals surface area contributed by atoms with Gasteiger partial charge in [-0.2, -0.15) is 0 Å². The van der Waals surface area contributed by atoms with Gasteiger partial charge in [0.05, 0.1) is 18.3 Å². The van der Waals surface area contributed by atoms with Crippen LogP contribution in [-0.4, -0.2) is 40.1 Å². The van der Waals surface area contributed by atoms with Crippen LogP contribution in [0.4, 0.5) is 13.6 Å². The largest absolute Gasteiger partial charge is 0.489 e. The van der Waals surface area contributed by atoms with Crippen LogP contribution in [0.15, 0.2) is 36.5 Å². The van der Waals surface area contributed by atoms with E-state index in [2.05, 4.69) is 15.6 Å². The minimum Gasteiger partial charge on any atom is -0.489 e. The number of amides is 2. The van der Waals surface area contributed by atoms with E-state index in [4.69, 9.17) is 9.47 Å². The van der Waals surface area contributed by atoms with Gasteiger partial charge in [0.25, 0.3) is 5.91 Å². The Morgan fingerprint density at radius 3 is 2.56 bits per heavy atom. The lowest BCUT2D eigenvalue weighted by atomic mass is 9.90. The summed E-state index contributed by atoms with van der Waals surface area (Å²) in [6.45, 7) is 7.38. The Labute approximate surface area is 227 Å². The van der Waals surface area contributed by atoms with E-state index in [0.717, 1.165) is 25.0 Å². The first-order valence-electron chi connectivity index (χ1n) is 13.3. The predicted octanol–water partition coefficient (Wildman–Crippen LogP) is 5.88. The van der Waals surface area contributed by atoms with Crippen LogP contribution in [0.5, 0.6) is 5.75 Å². The lowest BCUT2D eigenvalue weighted by molar-refractivity contribution is 0.0519. The number of nitrogens with one attached hydrogen (secondary N) is 2. The fourth-order valence-electron chi connectivity index (χ4n) is 4.81. The third-order valence-corrected chi connectivity index (χ3v) is 6.70. The second-order valence-electron chi connectivity index (χ2n) is 11.0. The maximum Gasteiger partial charge on any atom is 0.407 e. The Morgan fingerprint density at radius 1 is 1.13 bits per heavy atom. The molecule has 2 heterocycles. The molecule has 1 fully saturated rings. The number of halogens is 2. The Balaban J connectivity index is 1.56. The van der Waals surface area contributed by atoms with Gasteiger partial charge in [-0.15, -0.1) is 0 Å². The molecular weight excluding hydrogens is 506 g/mol. The molecule has 1 aromatic carbocycles. The average Bonchev–Trinajstić information content (AvgIpc) is 3.23. The number of carbonyl (C=O) groups excluding carboxylic acids is 2. The van der Waals surface area contributed by atoms with Gasteiger partial charge in [0.1, 0.15) is 11.3 Å². The van der Waals surface area contributed by atoms with Crippen molar-refractivity contribution < 1.29 is 27.8 Å². The number of imidazole rings is 1. The van der Waals surface area contributed by atoms with Crippen LogP contribution >= 0.6 is 0 Å². The number of alkyl carbamates (subject to hydrolysis) is 1. The van der Waals surface area contributed by atoms with Crippen molar-refractivity contribution >= 4 is 17.6 Å². The average molecular weight is 543 g/mol. The Morgan fingerprint density at radius 2 is 1.87 bits per heavy atom. The standard InChI is InChI=1S/C29H36F2N4O4/c1-18-25(35-14-8-11-24(26(35)33-18)38-17-19-9-6-5-7-10-19)27(36)34-23(16-32-28(37)39-29(2,3)4)20-12-13-21(30)22(31)15-20/h8,11-15,19,23H,5-7,9-10,16-17H2,1-4H3,(H,32,37)(H,34,36). The van der Waals surface area contributed by atoms with Crippen LogP contribution < -0.4 is 15.4 Å². The summed E-state index contributed by atoms with van der Waals surface area (Å²) in [5, 5.41) is 5.43. The number of hydrogen-bond acceptors (Lipinski definition) is 5. The molecule has 3 aromatic rings. The highest BCUT2D eigenvalue weighted by Crippen LogP contribution is 2.27. The van der Waals surface area contributed by atoms with Crippen molar-refractivity contribution in [3.63, 3.8) is 0 Å². The van der Waals surface area contributed by atoms with E-state index in [1.54, 1.807) is 44.4 Å². The molecule has 210 valence electrons. The van der Waals surface area contributed by atoms with Crippen molar-refractivity contribution in [1.82, 2.24) is 20.0 Å². The molecule has 4 rings (SSSR count). The number of aromatic nitrogens is 2. The summed E-state index contributed by atoms with van der Waals surface area (Å²) in [6, 6.07) is 6.08. The van der Waals surface area contributed by atoms with Gasteiger partial charge in [0.2, 0.25) is 0 Å². The summed E-state index contributed by atoms with van der Waals surface area (Å²) in [5.74, 6) is -1.47. The number of aryl methyl sites for hydroxylation is 1. The zero-order valence-corrected chi connectivity index (χ0v) is 22.9. The van der Waals surface area contributed by atoms with Gasteiger partial charge in [-0.05, 0) is 76.3 Å². The fourth-order valence-corrected chi connectivity index (χ4v) is 4.81. The monoisotopic (exact) mass is 542 g/mol. The minimum absolute atomic E-state index is 0.114. The minimum atomic E-state index is -1.06. The molecule has 1 aliphatic rings. The van der Waals surface area contributed by atoms with E-state index in [1.165, 1.54) is 25.3 Å². The van der Waals surface area contributed by atoms with Crippen LogP contribution in [0, 0.1) is 24.5 Å². The van der Waals surface area contributed by atoms with E-state index in [1.807, 2.05) is 6.07 Å². The van der Waals surface area contributed by atoms with E-state index < -0.39 is 35.3 Å². The molecule has 1 unspecified atom stereocenters. The van der Waals surface area contributed by atoms with Crippen LogP contribution in [0.1, 0.15) is 80.7 Å². The zero-order chi connectivity index (χ0) is 28.2. The highest BCUT2D eigenvalue weighted by molar-refractivity contribution is 5.95. The molecule has 1 saturated carbocycles. The highest BCUT2D eigenvalue weighted by Gasteiger charge is 2.25. The molecule has 0 aliphatic heterocycles. The van der Waals surface area contributed by atoms with Crippen LogP contribution in [0.3, 0.4) is 0 Å². The number of fused-ring (bicyclic) bond motifs is 1. The second kappa shape index (κ2) is 12.0. The first-order valence-corrected chi connectivity index (χ1v) is 13.3. The topological polar surface area (TPSA) is 94.0 Å². The number of benzene rings is 1. The lowest BCUT2D eigenvalue weighted by Crippen LogP contribution is -2.40. The maximum atomic E-state index is 14.1. The summed E-state index contributed by atoms with van der Waals surface area (Å²) in [7, 11) is 0. The summed E-state index contributed by atoms with van der Waals surface area (Å²) in [6.07, 6.45) is 7.02. The number of nitrogens with zero attached hydrogens (tertiary/aromatic N) is 2. The van der Waals surface area contributed by atoms with E-state index in [-0.39, 0.29) is 17.8 Å². The smallest absolute Gasteiger partial charge is 0.407 e. The summed E-state index contributed by atoms with van der Waals surface area (Å²) >= 11 is 0. The molecule has 2 aromatic heterocycles. The third kappa shape index (κ3) is 7.25. The SMILES string of the molecule is Cc1nc2c(OCC3CCCCC3)cccn2c1C(=O)NC(CNC(=O)OC(C)(C)C)c1ccc(F)c(F)c1. The molecule has 0 saturated heterocycles. The highest BCUT2D eigenvalue weighted by atomic mass is 19.2. The fraction of sp³-hybridized carbons (Fsp3) is 0.483. The van der Waals surface area contributed by atoms with Crippen molar-refractivity contribution in [1.29, 1.82) is 0 Å². The lowest BCUT2D eigenvalue weighted by Gasteiger charge is -2.23. The van der Waals surface area contributed by atoms with Gasteiger partial charge in [-0.3, -0.25) is 9.20 Å². The Hall–Kier alpha value is -3.69. The predicted molar refractivity (Wildman–Crippen MR) is 143 cm³/mol. The molecule has 0 bridgehead atoms. The van der Waals surface area contributed by atoms with Crippen molar-refractivity contribution in [3.8, 4) is 5.75 Å². The van der Waals surface area contributed by atoms with Crippen molar-refractivity contribution in [2.45, 2.75) is 71.4 Å². The molecule has 1 aliphatic carbocycles. The van der Waals surface area contributed by atoms with E-state index >= 15 is 0 Å².